The molecule has 0 unspecified atom stereocenters. The summed E-state index contributed by atoms with van der Waals surface area (Å²) in [5, 5.41) is 14.8. The molecule has 1 heterocycles. The Kier molecular flexibility index (Phi) is 5.03. The first-order chi connectivity index (χ1) is 7.97. The van der Waals surface area contributed by atoms with E-state index in [1.807, 2.05) is 0 Å². The maximum Gasteiger partial charge on any atom is 0.212 e. The van der Waals surface area contributed by atoms with Crippen LogP contribution in [0.2, 0.25) is 0 Å². The van der Waals surface area contributed by atoms with Gasteiger partial charge in [-0.3, -0.25) is 0 Å². The number of unbranched alkanes of at least 4 members (excludes halogenated alkanes) is 1. The van der Waals surface area contributed by atoms with Gasteiger partial charge in [0.05, 0.1) is 5.69 Å². The van der Waals surface area contributed by atoms with Crippen molar-refractivity contribution in [2.45, 2.75) is 66.3 Å². The smallest absolute Gasteiger partial charge is 0.212 e. The van der Waals surface area contributed by atoms with Gasteiger partial charge in [-0.25, -0.2) is 4.68 Å². The summed E-state index contributed by atoms with van der Waals surface area (Å²) in [7, 11) is 0. The monoisotopic (exact) mass is 238 g/mol. The van der Waals surface area contributed by atoms with E-state index in [1.165, 1.54) is 0 Å². The second-order valence-electron chi connectivity index (χ2n) is 5.52. The minimum absolute atomic E-state index is 0.376. The molecule has 0 aliphatic rings. The summed E-state index contributed by atoms with van der Waals surface area (Å²) >= 11 is 0. The van der Waals surface area contributed by atoms with E-state index in [1.54, 1.807) is 4.68 Å². The molecule has 0 atom stereocenters. The number of hydrogen-bond acceptors (Lipinski definition) is 2. The third-order valence-electron chi connectivity index (χ3n) is 2.92. The Balaban J connectivity index is 3.02. The topological polar surface area (TPSA) is 38.0 Å². The van der Waals surface area contributed by atoms with E-state index in [9.17, 15) is 5.11 Å². The highest BCUT2D eigenvalue weighted by Gasteiger charge is 2.19. The van der Waals surface area contributed by atoms with Crippen molar-refractivity contribution in [3.63, 3.8) is 0 Å². The van der Waals surface area contributed by atoms with Gasteiger partial charge in [-0.15, -0.1) is 0 Å². The number of aromatic hydroxyl groups is 1. The van der Waals surface area contributed by atoms with E-state index in [0.29, 0.717) is 17.7 Å². The van der Waals surface area contributed by atoms with Gasteiger partial charge in [0.25, 0.3) is 0 Å². The molecule has 0 bridgehead atoms. The fraction of sp³-hybridized carbons (Fsp3) is 0.786. The lowest BCUT2D eigenvalue weighted by Gasteiger charge is -2.06. The van der Waals surface area contributed by atoms with Crippen LogP contribution in [0.1, 0.15) is 64.6 Å². The van der Waals surface area contributed by atoms with Crippen molar-refractivity contribution in [1.82, 2.24) is 9.78 Å². The van der Waals surface area contributed by atoms with Gasteiger partial charge in [0.15, 0.2) is 0 Å². The SMILES string of the molecule is CCCCc1c(C(C)C)nn(CC(C)C)c1O. The summed E-state index contributed by atoms with van der Waals surface area (Å²) in [4.78, 5) is 0. The van der Waals surface area contributed by atoms with Crippen LogP contribution in [0.5, 0.6) is 5.88 Å². The molecule has 1 rings (SSSR count). The zero-order valence-electron chi connectivity index (χ0n) is 11.8. The maximum atomic E-state index is 10.2. The van der Waals surface area contributed by atoms with Crippen molar-refractivity contribution >= 4 is 0 Å². The van der Waals surface area contributed by atoms with Crippen LogP contribution in [-0.4, -0.2) is 14.9 Å². The molecule has 0 radical (unpaired) electrons. The highest BCUT2D eigenvalue weighted by Crippen LogP contribution is 2.29. The van der Waals surface area contributed by atoms with Crippen LogP contribution in [0.25, 0.3) is 0 Å². The quantitative estimate of drug-likeness (QED) is 0.820. The first-order valence-corrected chi connectivity index (χ1v) is 6.75. The molecule has 0 fully saturated rings. The second-order valence-corrected chi connectivity index (χ2v) is 5.52. The molecule has 3 heteroatoms. The molecule has 0 spiro atoms. The summed E-state index contributed by atoms with van der Waals surface area (Å²) < 4.78 is 1.77. The highest BCUT2D eigenvalue weighted by atomic mass is 16.3. The van der Waals surface area contributed by atoms with E-state index in [0.717, 1.165) is 37.1 Å². The van der Waals surface area contributed by atoms with Gasteiger partial charge in [-0.1, -0.05) is 41.0 Å². The van der Waals surface area contributed by atoms with Gasteiger partial charge in [0, 0.05) is 12.1 Å². The second kappa shape index (κ2) is 6.08. The Labute approximate surface area is 105 Å². The fourth-order valence-corrected chi connectivity index (χ4v) is 2.04. The Hall–Kier alpha value is -0.990. The number of hydrogen-bond donors (Lipinski definition) is 1. The molecule has 1 aromatic rings. The lowest BCUT2D eigenvalue weighted by molar-refractivity contribution is 0.368. The zero-order chi connectivity index (χ0) is 13.0. The summed E-state index contributed by atoms with van der Waals surface area (Å²) in [5.74, 6) is 1.26. The van der Waals surface area contributed by atoms with Gasteiger partial charge >= 0.3 is 0 Å². The molecule has 3 nitrogen and oxygen atoms in total. The lowest BCUT2D eigenvalue weighted by atomic mass is 10.0. The van der Waals surface area contributed by atoms with Gasteiger partial charge in [-0.05, 0) is 24.7 Å². The number of aromatic nitrogens is 2. The number of rotatable bonds is 6. The molecule has 98 valence electrons. The van der Waals surface area contributed by atoms with Crippen molar-refractivity contribution in [3.05, 3.63) is 11.3 Å². The van der Waals surface area contributed by atoms with E-state index >= 15 is 0 Å². The van der Waals surface area contributed by atoms with Crippen molar-refractivity contribution in [3.8, 4) is 5.88 Å². The van der Waals surface area contributed by atoms with E-state index in [4.69, 9.17) is 0 Å². The molecule has 0 aliphatic heterocycles. The molecule has 17 heavy (non-hydrogen) atoms. The van der Waals surface area contributed by atoms with Gasteiger partial charge in [-0.2, -0.15) is 5.10 Å². The van der Waals surface area contributed by atoms with Crippen LogP contribution < -0.4 is 0 Å². The van der Waals surface area contributed by atoms with E-state index in [-0.39, 0.29) is 0 Å². The van der Waals surface area contributed by atoms with Gasteiger partial charge in [0.2, 0.25) is 5.88 Å². The molecule has 0 amide bonds. The Bertz CT molecular complexity index is 353. The van der Waals surface area contributed by atoms with Crippen LogP contribution in [0, 0.1) is 5.92 Å². The Morgan fingerprint density at radius 3 is 2.35 bits per heavy atom. The Morgan fingerprint density at radius 1 is 1.24 bits per heavy atom. The van der Waals surface area contributed by atoms with Crippen LogP contribution in [0.15, 0.2) is 0 Å². The average molecular weight is 238 g/mol. The molecule has 0 saturated carbocycles. The zero-order valence-corrected chi connectivity index (χ0v) is 11.8. The predicted octanol–water partition coefficient (Wildman–Crippen LogP) is 3.71. The van der Waals surface area contributed by atoms with Gasteiger partial charge < -0.3 is 5.11 Å². The predicted molar refractivity (Wildman–Crippen MR) is 71.4 cm³/mol. The Morgan fingerprint density at radius 2 is 1.88 bits per heavy atom. The summed E-state index contributed by atoms with van der Waals surface area (Å²) in [6, 6.07) is 0. The van der Waals surface area contributed by atoms with Crippen molar-refractivity contribution in [2.24, 2.45) is 5.92 Å². The average Bonchev–Trinajstić information content (AvgIpc) is 2.53. The molecule has 1 aromatic heterocycles. The molecular weight excluding hydrogens is 212 g/mol. The van der Waals surface area contributed by atoms with E-state index in [2.05, 4.69) is 39.7 Å². The molecule has 0 saturated heterocycles. The maximum absolute atomic E-state index is 10.2. The van der Waals surface area contributed by atoms with E-state index < -0.39 is 0 Å². The first-order valence-electron chi connectivity index (χ1n) is 6.75. The van der Waals surface area contributed by atoms with Crippen LogP contribution >= 0.6 is 0 Å². The minimum Gasteiger partial charge on any atom is -0.493 e. The van der Waals surface area contributed by atoms with Crippen molar-refractivity contribution in [2.75, 3.05) is 0 Å². The third-order valence-corrected chi connectivity index (χ3v) is 2.92. The van der Waals surface area contributed by atoms with Crippen LogP contribution in [0.3, 0.4) is 0 Å². The highest BCUT2D eigenvalue weighted by molar-refractivity contribution is 5.32. The summed E-state index contributed by atoms with van der Waals surface area (Å²) in [6.45, 7) is 11.5. The van der Waals surface area contributed by atoms with Crippen LogP contribution in [-0.2, 0) is 13.0 Å². The summed E-state index contributed by atoms with van der Waals surface area (Å²) in [6.07, 6.45) is 3.20. The normalized spacial score (nSPS) is 11.7. The van der Waals surface area contributed by atoms with Gasteiger partial charge in [0.1, 0.15) is 0 Å². The molecular formula is C14H26N2O. The largest absolute Gasteiger partial charge is 0.493 e. The third kappa shape index (κ3) is 3.48. The van der Waals surface area contributed by atoms with Crippen LogP contribution in [0.4, 0.5) is 0 Å². The molecule has 0 aliphatic carbocycles. The minimum atomic E-state index is 0.376. The summed E-state index contributed by atoms with van der Waals surface area (Å²) in [5.41, 5.74) is 2.12. The van der Waals surface area contributed by atoms with Crippen molar-refractivity contribution in [1.29, 1.82) is 0 Å². The molecule has 0 aromatic carbocycles. The molecule has 1 N–H and O–H groups in total. The first kappa shape index (κ1) is 14.1. The number of nitrogens with zero attached hydrogens (tertiary/aromatic N) is 2. The lowest BCUT2D eigenvalue weighted by Crippen LogP contribution is -2.06. The standard InChI is InChI=1S/C14H26N2O/c1-6-7-8-12-13(11(4)5)15-16(14(12)17)9-10(2)3/h10-11,17H,6-9H2,1-5H3. The fourth-order valence-electron chi connectivity index (χ4n) is 2.04. The van der Waals surface area contributed by atoms with Crippen molar-refractivity contribution < 1.29 is 5.11 Å².